The van der Waals surface area contributed by atoms with Crippen molar-refractivity contribution in [3.63, 3.8) is 0 Å². The van der Waals surface area contributed by atoms with Gasteiger partial charge in [0.25, 0.3) is 0 Å². The molecule has 39 heavy (non-hydrogen) atoms. The van der Waals surface area contributed by atoms with Crippen LogP contribution in [0, 0.1) is 12.8 Å². The first-order chi connectivity index (χ1) is 19.1. The normalized spacial score (nSPS) is 15.1. The van der Waals surface area contributed by atoms with E-state index >= 15 is 0 Å². The van der Waals surface area contributed by atoms with Gasteiger partial charge in [0, 0.05) is 51.1 Å². The first kappa shape index (κ1) is 25.5. The maximum absolute atomic E-state index is 4.69. The Labute approximate surface area is 232 Å². The second kappa shape index (κ2) is 11.1. The standard InChI is InChI=1S/C32H34N6S/c1-4-28-27(13-20(2)24-14-23(18-34-19-24)17-33-16-22-7-5-6-8-22)31(38-37-28)29-15-26-25(11-12-35-32(26)36-29)30-10-9-21(3)39-30/h4,9-15,18-19,22,33,37H,2,5-8,16-17H2,1,3H3,(H,35,36)/b27-13+,28-4+. The summed E-state index contributed by atoms with van der Waals surface area (Å²) in [5, 5.41) is 14.5. The van der Waals surface area contributed by atoms with Gasteiger partial charge in [-0.2, -0.15) is 5.10 Å². The van der Waals surface area contributed by atoms with E-state index in [-0.39, 0.29) is 0 Å². The molecule has 0 saturated heterocycles. The number of aryl methyl sites for hydroxylation is 1. The average molecular weight is 535 g/mol. The zero-order chi connectivity index (χ0) is 26.8. The molecule has 0 radical (unpaired) electrons. The second-order valence-electron chi connectivity index (χ2n) is 10.4. The van der Waals surface area contributed by atoms with Crippen LogP contribution in [0.1, 0.15) is 48.6 Å². The number of aromatic amines is 2. The largest absolute Gasteiger partial charge is 0.338 e. The molecule has 5 aromatic rings. The van der Waals surface area contributed by atoms with E-state index in [2.05, 4.69) is 75.3 Å². The van der Waals surface area contributed by atoms with Crippen LogP contribution in [-0.4, -0.2) is 31.7 Å². The molecule has 5 aromatic heterocycles. The molecule has 0 aromatic carbocycles. The third-order valence-corrected chi connectivity index (χ3v) is 8.67. The van der Waals surface area contributed by atoms with E-state index in [1.54, 1.807) is 11.3 Å². The molecule has 1 aliphatic rings. The van der Waals surface area contributed by atoms with Gasteiger partial charge < -0.3 is 10.3 Å². The number of nitrogens with zero attached hydrogens (tertiary/aromatic N) is 3. The van der Waals surface area contributed by atoms with E-state index in [0.717, 1.165) is 63.1 Å². The lowest BCUT2D eigenvalue weighted by atomic mass is 10.0. The molecular weight excluding hydrogens is 500 g/mol. The quantitative estimate of drug-likeness (QED) is 0.229. The molecule has 0 bridgehead atoms. The van der Waals surface area contributed by atoms with Gasteiger partial charge in [-0.3, -0.25) is 10.1 Å². The Morgan fingerprint density at radius 1 is 1.18 bits per heavy atom. The summed E-state index contributed by atoms with van der Waals surface area (Å²) in [6.07, 6.45) is 15.3. The topological polar surface area (TPSA) is 82.3 Å². The summed E-state index contributed by atoms with van der Waals surface area (Å²) < 4.78 is 0. The number of pyridine rings is 2. The van der Waals surface area contributed by atoms with Crippen molar-refractivity contribution in [2.24, 2.45) is 5.92 Å². The van der Waals surface area contributed by atoms with Crippen molar-refractivity contribution in [2.75, 3.05) is 6.54 Å². The van der Waals surface area contributed by atoms with Crippen LogP contribution in [0.5, 0.6) is 0 Å². The summed E-state index contributed by atoms with van der Waals surface area (Å²) in [5.41, 5.74) is 6.88. The third-order valence-electron chi connectivity index (χ3n) is 7.64. The van der Waals surface area contributed by atoms with Gasteiger partial charge in [-0.25, -0.2) is 4.98 Å². The number of thiophene rings is 1. The Balaban J connectivity index is 1.31. The van der Waals surface area contributed by atoms with Gasteiger partial charge in [-0.05, 0) is 92.3 Å². The molecule has 0 amide bonds. The minimum Gasteiger partial charge on any atom is -0.338 e. The highest BCUT2D eigenvalue weighted by Crippen LogP contribution is 2.34. The van der Waals surface area contributed by atoms with Gasteiger partial charge in [-0.1, -0.05) is 25.5 Å². The summed E-state index contributed by atoms with van der Waals surface area (Å²) in [6, 6.07) is 10.8. The molecule has 3 N–H and O–H groups in total. The minimum absolute atomic E-state index is 0.818. The molecule has 1 aliphatic carbocycles. The smallest absolute Gasteiger partial charge is 0.138 e. The van der Waals surface area contributed by atoms with Crippen molar-refractivity contribution < 1.29 is 0 Å². The van der Waals surface area contributed by atoms with Crippen molar-refractivity contribution in [2.45, 2.75) is 46.1 Å². The monoisotopic (exact) mass is 534 g/mol. The van der Waals surface area contributed by atoms with Crippen LogP contribution in [0.4, 0.5) is 0 Å². The molecule has 1 fully saturated rings. The lowest BCUT2D eigenvalue weighted by Crippen LogP contribution is -2.23. The Bertz CT molecular complexity index is 1750. The fraction of sp³-hybridized carbons (Fsp3) is 0.281. The Kier molecular flexibility index (Phi) is 7.26. The number of fused-ring (bicyclic) bond motifs is 1. The highest BCUT2D eigenvalue weighted by atomic mass is 32.1. The van der Waals surface area contributed by atoms with Crippen molar-refractivity contribution in [1.29, 1.82) is 0 Å². The van der Waals surface area contributed by atoms with E-state index in [9.17, 15) is 0 Å². The van der Waals surface area contributed by atoms with Crippen LogP contribution in [0.2, 0.25) is 0 Å². The maximum atomic E-state index is 4.69. The minimum atomic E-state index is 0.818. The highest BCUT2D eigenvalue weighted by Gasteiger charge is 2.15. The van der Waals surface area contributed by atoms with E-state index < -0.39 is 0 Å². The van der Waals surface area contributed by atoms with Crippen molar-refractivity contribution in [3.8, 4) is 21.8 Å². The van der Waals surface area contributed by atoms with E-state index in [1.807, 2.05) is 31.6 Å². The number of aromatic nitrogens is 5. The van der Waals surface area contributed by atoms with E-state index in [4.69, 9.17) is 5.10 Å². The molecular formula is C32H34N6S. The van der Waals surface area contributed by atoms with Crippen LogP contribution >= 0.6 is 11.3 Å². The molecule has 1 saturated carbocycles. The van der Waals surface area contributed by atoms with Crippen LogP contribution in [0.25, 0.3) is 50.6 Å². The lowest BCUT2D eigenvalue weighted by Gasteiger charge is -2.11. The van der Waals surface area contributed by atoms with Crippen molar-refractivity contribution in [3.05, 3.63) is 82.1 Å². The Morgan fingerprint density at radius 2 is 2.05 bits per heavy atom. The summed E-state index contributed by atoms with van der Waals surface area (Å²) in [4.78, 5) is 15.1. The van der Waals surface area contributed by atoms with Gasteiger partial charge in [-0.15, -0.1) is 11.3 Å². The summed E-state index contributed by atoms with van der Waals surface area (Å²) in [6.45, 7) is 10.5. The molecule has 0 aliphatic heterocycles. The maximum Gasteiger partial charge on any atom is 0.138 e. The number of nitrogens with one attached hydrogen (secondary N) is 3. The number of rotatable bonds is 8. The SMILES string of the molecule is C=C(/C=c1/c(-c2cc3c(-c4ccc(C)s4)ccnc3[nH]2)n[nH]/c1=C/C)c1cncc(CNCC2CCCC2)c1. The molecule has 7 heteroatoms. The lowest BCUT2D eigenvalue weighted by molar-refractivity contribution is 0.489. The van der Waals surface area contributed by atoms with Gasteiger partial charge in [0.2, 0.25) is 0 Å². The Morgan fingerprint density at radius 3 is 2.85 bits per heavy atom. The summed E-state index contributed by atoms with van der Waals surface area (Å²) >= 11 is 1.79. The number of allylic oxidation sites excluding steroid dienone is 1. The van der Waals surface area contributed by atoms with E-state index in [0.29, 0.717) is 0 Å². The van der Waals surface area contributed by atoms with Gasteiger partial charge in [0.15, 0.2) is 0 Å². The third kappa shape index (κ3) is 5.37. The molecule has 6 nitrogen and oxygen atoms in total. The highest BCUT2D eigenvalue weighted by molar-refractivity contribution is 7.15. The molecule has 6 rings (SSSR count). The van der Waals surface area contributed by atoms with Crippen LogP contribution < -0.4 is 15.9 Å². The molecule has 0 atom stereocenters. The average Bonchev–Trinajstić information content (AvgIpc) is 3.75. The van der Waals surface area contributed by atoms with Crippen LogP contribution in [-0.2, 0) is 6.54 Å². The van der Waals surface area contributed by atoms with E-state index in [1.165, 1.54) is 46.6 Å². The number of hydrogen-bond acceptors (Lipinski definition) is 5. The zero-order valence-electron chi connectivity index (χ0n) is 22.6. The zero-order valence-corrected chi connectivity index (χ0v) is 23.4. The first-order valence-electron chi connectivity index (χ1n) is 13.7. The number of H-pyrrole nitrogens is 2. The fourth-order valence-corrected chi connectivity index (χ4v) is 6.44. The molecule has 198 valence electrons. The summed E-state index contributed by atoms with van der Waals surface area (Å²) in [7, 11) is 0. The van der Waals surface area contributed by atoms with Crippen LogP contribution in [0.15, 0.2) is 55.5 Å². The fourth-order valence-electron chi connectivity index (χ4n) is 5.54. The predicted octanol–water partition coefficient (Wildman–Crippen LogP) is 5.96. The van der Waals surface area contributed by atoms with Gasteiger partial charge in [0.05, 0.1) is 11.0 Å². The second-order valence-corrected chi connectivity index (χ2v) is 11.7. The molecule has 5 heterocycles. The van der Waals surface area contributed by atoms with Crippen molar-refractivity contribution in [1.82, 2.24) is 30.5 Å². The van der Waals surface area contributed by atoms with Gasteiger partial charge >= 0.3 is 0 Å². The van der Waals surface area contributed by atoms with Crippen molar-refractivity contribution >= 4 is 40.1 Å². The molecule has 0 spiro atoms. The first-order valence-corrected chi connectivity index (χ1v) is 14.5. The predicted molar refractivity (Wildman–Crippen MR) is 163 cm³/mol. The summed E-state index contributed by atoms with van der Waals surface area (Å²) in [5.74, 6) is 0.818. The number of hydrogen-bond donors (Lipinski definition) is 3. The molecule has 0 unspecified atom stereocenters. The Hall–Kier alpha value is -3.81. The van der Waals surface area contributed by atoms with Gasteiger partial charge in [0.1, 0.15) is 11.3 Å². The van der Waals surface area contributed by atoms with Crippen LogP contribution in [0.3, 0.4) is 0 Å².